The number of carboxylic acids is 1. The Kier molecular flexibility index (Phi) is 14.5. The lowest BCUT2D eigenvalue weighted by Crippen LogP contribution is -2.67. The van der Waals surface area contributed by atoms with Crippen LogP contribution >= 0.6 is 12.4 Å². The molecule has 0 radical (unpaired) electrons. The highest BCUT2D eigenvalue weighted by Crippen LogP contribution is 2.75. The molecule has 10 heteroatoms. The zero-order chi connectivity index (χ0) is 45.8. The number of aliphatic hydroxyl groups excluding tert-OH is 2. The molecule has 3 N–H and O–H groups in total. The predicted molar refractivity (Wildman–Crippen MR) is 257 cm³/mol. The molecule has 0 amide bonds. The summed E-state index contributed by atoms with van der Waals surface area (Å²) < 4.78 is 23.0. The number of nitrogens with zero attached hydrogens (tertiary/aromatic N) is 1. The van der Waals surface area contributed by atoms with Crippen LogP contribution in [0.25, 0.3) is 10.8 Å². The quantitative estimate of drug-likeness (QED) is 0.161. The minimum Gasteiger partial charge on any atom is -0.490 e. The summed E-state index contributed by atoms with van der Waals surface area (Å²) in [6.45, 7) is 26.7. The Bertz CT molecular complexity index is 2190. The van der Waals surface area contributed by atoms with Crippen molar-refractivity contribution < 1.29 is 39.1 Å². The molecule has 0 aliphatic heterocycles. The smallest absolute Gasteiger partial charge is 0.312 e. The van der Waals surface area contributed by atoms with E-state index in [1.165, 1.54) is 5.57 Å². The standard InChI is InChI=1S/C30H48O4.C24H29NO4.ClH/c1-25(2)14-15-30(24(33)34)19(16-25)18-8-9-21-27(5)12-11-22(31)26(3,4)20(27)10-13-28(21,6)29(18,7)17-23(30)32;1-5-26-21-10-9-17(14-22(21)27-6-2)13-20-19-16-24(29-8-4)23(28-7-3)15-18(19)11-12-25-20;/h8,19-23,31-32H,9-17H2,1-7H3,(H,33,34);9-12,14-16H,5-8,13H2,1-4H3;1H. The minimum absolute atomic E-state index is 0. The second-order valence-corrected chi connectivity index (χ2v) is 21.6. The number of aliphatic hydroxyl groups is 2. The molecule has 0 saturated heterocycles. The number of fused-ring (bicyclic) bond motifs is 8. The van der Waals surface area contributed by atoms with Gasteiger partial charge >= 0.3 is 5.97 Å². The molecule has 4 saturated carbocycles. The van der Waals surface area contributed by atoms with E-state index in [0.29, 0.717) is 57.5 Å². The predicted octanol–water partition coefficient (Wildman–Crippen LogP) is 12.0. The van der Waals surface area contributed by atoms with Gasteiger partial charge in [-0.3, -0.25) is 9.78 Å². The van der Waals surface area contributed by atoms with E-state index in [4.69, 9.17) is 18.9 Å². The van der Waals surface area contributed by atoms with E-state index in [0.717, 1.165) is 90.0 Å². The van der Waals surface area contributed by atoms with Crippen LogP contribution in [0.4, 0.5) is 0 Å². The lowest BCUT2D eigenvalue weighted by atomic mass is 9.33. The van der Waals surface area contributed by atoms with Crippen LogP contribution in [0.3, 0.4) is 0 Å². The van der Waals surface area contributed by atoms with Gasteiger partial charge in [-0.1, -0.05) is 66.2 Å². The summed E-state index contributed by atoms with van der Waals surface area (Å²) in [5.74, 6) is 3.13. The topological polar surface area (TPSA) is 128 Å². The summed E-state index contributed by atoms with van der Waals surface area (Å²) in [5, 5.41) is 35.2. The molecular formula is C54H78ClNO8. The molecule has 1 heterocycles. The number of rotatable bonds is 11. The van der Waals surface area contributed by atoms with Crippen molar-refractivity contribution in [1.82, 2.24) is 4.98 Å². The zero-order valence-corrected chi connectivity index (χ0v) is 41.5. The Morgan fingerprint density at radius 1 is 0.719 bits per heavy atom. The highest BCUT2D eigenvalue weighted by Gasteiger charge is 2.71. The third-order valence-electron chi connectivity index (χ3n) is 17.6. The molecule has 9 unspecified atom stereocenters. The van der Waals surface area contributed by atoms with Crippen LogP contribution < -0.4 is 18.9 Å². The SMILES string of the molecule is CC1(C)CCC2(C(=O)O)C(O)CC3(C)C(=CCC4C5(C)CCC(O)C(C)(C)C5CCC43C)C2C1.CCOc1ccc(Cc2nccc3cc(OCC)c(OCC)cc23)cc1OCC.Cl. The Balaban J connectivity index is 0.000000212. The summed E-state index contributed by atoms with van der Waals surface area (Å²) in [5.41, 5.74) is 2.39. The lowest BCUT2D eigenvalue weighted by molar-refractivity contribution is -0.218. The van der Waals surface area contributed by atoms with Crippen molar-refractivity contribution in [3.05, 3.63) is 65.5 Å². The maximum absolute atomic E-state index is 12.8. The van der Waals surface area contributed by atoms with Gasteiger partial charge in [-0.2, -0.15) is 0 Å². The molecule has 4 fully saturated rings. The fraction of sp³-hybridized carbons (Fsp3) is 0.667. The molecule has 2 aromatic carbocycles. The first-order chi connectivity index (χ1) is 29.8. The van der Waals surface area contributed by atoms with Crippen LogP contribution in [0, 0.1) is 50.2 Å². The second kappa shape index (κ2) is 18.6. The van der Waals surface area contributed by atoms with E-state index in [1.807, 2.05) is 64.2 Å². The fourth-order valence-electron chi connectivity index (χ4n) is 14.0. The second-order valence-electron chi connectivity index (χ2n) is 21.6. The Labute approximate surface area is 389 Å². The van der Waals surface area contributed by atoms with Gasteiger partial charge in [-0.05, 0) is 172 Å². The van der Waals surface area contributed by atoms with Gasteiger partial charge in [0.05, 0.1) is 44.3 Å². The maximum Gasteiger partial charge on any atom is 0.312 e. The Morgan fingerprint density at radius 2 is 1.34 bits per heavy atom. The first-order valence-electron chi connectivity index (χ1n) is 24.1. The largest absolute Gasteiger partial charge is 0.490 e. The van der Waals surface area contributed by atoms with Gasteiger partial charge in [0.25, 0.3) is 0 Å². The molecule has 0 bridgehead atoms. The van der Waals surface area contributed by atoms with Crippen molar-refractivity contribution in [1.29, 1.82) is 0 Å². The Morgan fingerprint density at radius 3 is 1.98 bits per heavy atom. The van der Waals surface area contributed by atoms with E-state index in [-0.39, 0.29) is 51.5 Å². The number of ether oxygens (including phenoxy) is 4. The number of benzene rings is 2. The molecule has 354 valence electrons. The fourth-order valence-corrected chi connectivity index (χ4v) is 14.0. The highest BCUT2D eigenvalue weighted by molar-refractivity contribution is 5.88. The summed E-state index contributed by atoms with van der Waals surface area (Å²) in [6, 6.07) is 12.1. The molecule has 9 atom stereocenters. The maximum atomic E-state index is 12.8. The summed E-state index contributed by atoms with van der Waals surface area (Å²) in [6.07, 6.45) is 11.9. The van der Waals surface area contributed by atoms with Gasteiger partial charge in [0, 0.05) is 18.0 Å². The number of carboxylic acid groups (broad SMARTS) is 1. The molecule has 5 aliphatic rings. The molecule has 0 spiro atoms. The Hall–Kier alpha value is -3.53. The van der Waals surface area contributed by atoms with Crippen molar-refractivity contribution in [2.75, 3.05) is 26.4 Å². The average molecular weight is 905 g/mol. The molecular weight excluding hydrogens is 826 g/mol. The molecule has 64 heavy (non-hydrogen) atoms. The van der Waals surface area contributed by atoms with Crippen LogP contribution in [0.15, 0.2) is 54.2 Å². The van der Waals surface area contributed by atoms with Crippen LogP contribution in [0.1, 0.15) is 145 Å². The monoisotopic (exact) mass is 904 g/mol. The number of aliphatic carboxylic acids is 1. The molecule has 1 aromatic heterocycles. The number of aromatic nitrogens is 1. The number of halogens is 1. The highest BCUT2D eigenvalue weighted by atomic mass is 35.5. The molecule has 3 aromatic rings. The molecule has 9 nitrogen and oxygen atoms in total. The van der Waals surface area contributed by atoms with E-state index < -0.39 is 17.5 Å². The third-order valence-corrected chi connectivity index (χ3v) is 17.6. The number of carbonyl (C=O) groups is 1. The summed E-state index contributed by atoms with van der Waals surface area (Å²) >= 11 is 0. The van der Waals surface area contributed by atoms with Gasteiger partial charge in [-0.25, -0.2) is 0 Å². The van der Waals surface area contributed by atoms with Gasteiger partial charge in [0.1, 0.15) is 5.41 Å². The van der Waals surface area contributed by atoms with Crippen LogP contribution in [0.2, 0.25) is 0 Å². The number of hydrogen-bond acceptors (Lipinski definition) is 8. The average Bonchev–Trinajstić information content (AvgIpc) is 3.21. The van der Waals surface area contributed by atoms with Gasteiger partial charge in [-0.15, -0.1) is 12.4 Å². The molecule has 8 rings (SSSR count). The van der Waals surface area contributed by atoms with Crippen molar-refractivity contribution in [2.24, 2.45) is 50.2 Å². The first-order valence-corrected chi connectivity index (χ1v) is 24.1. The number of pyridine rings is 1. The van der Waals surface area contributed by atoms with Crippen LogP contribution in [-0.4, -0.2) is 64.9 Å². The summed E-state index contributed by atoms with van der Waals surface area (Å²) in [7, 11) is 0. The van der Waals surface area contributed by atoms with Crippen LogP contribution in [-0.2, 0) is 11.2 Å². The van der Waals surface area contributed by atoms with E-state index >= 15 is 0 Å². The minimum atomic E-state index is -1.04. The normalized spacial score (nSPS) is 33.3. The molecule has 5 aliphatic carbocycles. The first kappa shape index (κ1) is 49.9. The summed E-state index contributed by atoms with van der Waals surface area (Å²) in [4.78, 5) is 17.4. The lowest BCUT2D eigenvalue weighted by Gasteiger charge is -2.71. The van der Waals surface area contributed by atoms with E-state index in [2.05, 4.69) is 65.6 Å². The zero-order valence-electron chi connectivity index (χ0n) is 40.6. The van der Waals surface area contributed by atoms with Gasteiger partial charge in [0.15, 0.2) is 23.0 Å². The van der Waals surface area contributed by atoms with Crippen molar-refractivity contribution in [3.8, 4) is 23.0 Å². The van der Waals surface area contributed by atoms with Crippen molar-refractivity contribution in [2.45, 2.75) is 153 Å². The van der Waals surface area contributed by atoms with Crippen LogP contribution in [0.5, 0.6) is 23.0 Å². The third kappa shape index (κ3) is 8.31. The van der Waals surface area contributed by atoms with E-state index in [9.17, 15) is 20.1 Å². The number of hydrogen-bond donors (Lipinski definition) is 3. The number of allylic oxidation sites excluding steroid dienone is 2. The van der Waals surface area contributed by atoms with Gasteiger partial charge in [0.2, 0.25) is 0 Å². The van der Waals surface area contributed by atoms with Gasteiger partial charge < -0.3 is 34.3 Å². The van der Waals surface area contributed by atoms with E-state index in [1.54, 1.807) is 0 Å². The van der Waals surface area contributed by atoms with Crippen molar-refractivity contribution >= 4 is 29.1 Å². The van der Waals surface area contributed by atoms with Crippen molar-refractivity contribution in [3.63, 3.8) is 0 Å².